The Hall–Kier alpha value is -2.47. The Kier molecular flexibility index (Phi) is 7.32. The highest BCUT2D eigenvalue weighted by molar-refractivity contribution is 7.89. The molecule has 198 valence electrons. The van der Waals surface area contributed by atoms with E-state index in [1.807, 2.05) is 12.1 Å². The van der Waals surface area contributed by atoms with Crippen molar-refractivity contribution in [1.82, 2.24) is 19.2 Å². The number of pyridine rings is 2. The van der Waals surface area contributed by atoms with Gasteiger partial charge >= 0.3 is 6.18 Å². The van der Waals surface area contributed by atoms with Crippen LogP contribution in [-0.4, -0.2) is 65.9 Å². The number of rotatable bonds is 5. The van der Waals surface area contributed by atoms with Crippen molar-refractivity contribution < 1.29 is 26.3 Å². The van der Waals surface area contributed by atoms with Crippen molar-refractivity contribution in [2.75, 3.05) is 26.2 Å². The Morgan fingerprint density at radius 3 is 2.35 bits per heavy atom. The monoisotopic (exact) mass is 554 g/mol. The zero-order valence-corrected chi connectivity index (χ0v) is 21.4. The van der Waals surface area contributed by atoms with E-state index < -0.39 is 21.8 Å². The number of nitrogens with zero attached hydrogens (tertiary/aromatic N) is 4. The SMILES string of the molecule is O=S(=O)(c1cccc2cccnc12)N1CCC(N2CCC(Oc3ncc(C(F)(F)F)cc3Cl)CC2)CC1. The van der Waals surface area contributed by atoms with Crippen LogP contribution >= 0.6 is 11.6 Å². The lowest BCUT2D eigenvalue weighted by atomic mass is 10.00. The fourth-order valence-electron chi connectivity index (χ4n) is 5.05. The van der Waals surface area contributed by atoms with Crippen LogP contribution in [0.2, 0.25) is 5.02 Å². The zero-order valence-electron chi connectivity index (χ0n) is 19.9. The van der Waals surface area contributed by atoms with Gasteiger partial charge in [0.1, 0.15) is 16.0 Å². The number of likely N-dealkylation sites (tertiary alicyclic amines) is 1. The molecule has 2 saturated heterocycles. The highest BCUT2D eigenvalue weighted by Gasteiger charge is 2.35. The molecule has 0 spiro atoms. The summed E-state index contributed by atoms with van der Waals surface area (Å²) >= 11 is 5.98. The van der Waals surface area contributed by atoms with Crippen LogP contribution in [0.25, 0.3) is 10.9 Å². The summed E-state index contributed by atoms with van der Waals surface area (Å²) in [6, 6.07) is 9.92. The summed E-state index contributed by atoms with van der Waals surface area (Å²) in [6.45, 7) is 2.34. The number of para-hydroxylation sites is 1. The van der Waals surface area contributed by atoms with E-state index in [9.17, 15) is 21.6 Å². The number of alkyl halides is 3. The molecule has 2 aromatic heterocycles. The average Bonchev–Trinajstić information content (AvgIpc) is 2.89. The fraction of sp³-hybridized carbons (Fsp3) is 0.440. The van der Waals surface area contributed by atoms with Crippen LogP contribution in [0.4, 0.5) is 13.2 Å². The molecule has 0 aliphatic carbocycles. The highest BCUT2D eigenvalue weighted by Crippen LogP contribution is 2.34. The van der Waals surface area contributed by atoms with E-state index in [1.54, 1.807) is 28.7 Å². The predicted octanol–water partition coefficient (Wildman–Crippen LogP) is 5.00. The van der Waals surface area contributed by atoms with Crippen LogP contribution in [-0.2, 0) is 16.2 Å². The van der Waals surface area contributed by atoms with E-state index in [1.165, 1.54) is 0 Å². The van der Waals surface area contributed by atoms with Gasteiger partial charge in [-0.1, -0.05) is 29.8 Å². The van der Waals surface area contributed by atoms with Crippen molar-refractivity contribution in [2.45, 2.75) is 48.9 Å². The standard InChI is InChI=1S/C25H26ClF3N4O3S/c26-21-15-18(25(27,28)29)16-31-24(21)36-20-8-11-32(12-9-20)19-6-13-33(14-7-19)37(34,35)22-5-1-3-17-4-2-10-30-23(17)22/h1-5,10,15-16,19-20H,6-9,11-14H2. The second-order valence-corrected chi connectivity index (χ2v) is 11.6. The third-order valence-corrected chi connectivity index (χ3v) is 9.24. The van der Waals surface area contributed by atoms with E-state index in [-0.39, 0.29) is 27.9 Å². The van der Waals surface area contributed by atoms with E-state index in [0.717, 1.165) is 43.6 Å². The summed E-state index contributed by atoms with van der Waals surface area (Å²) in [5.74, 6) is 0.00885. The highest BCUT2D eigenvalue weighted by atomic mass is 35.5. The fourth-order valence-corrected chi connectivity index (χ4v) is 6.90. The van der Waals surface area contributed by atoms with Gasteiger partial charge in [0, 0.05) is 50.0 Å². The number of fused-ring (bicyclic) bond motifs is 1. The van der Waals surface area contributed by atoms with Gasteiger partial charge in [0.15, 0.2) is 0 Å². The number of sulfonamides is 1. The molecule has 0 N–H and O–H groups in total. The average molecular weight is 555 g/mol. The molecule has 0 radical (unpaired) electrons. The Labute approximate surface area is 218 Å². The van der Waals surface area contributed by atoms with Gasteiger partial charge < -0.3 is 9.64 Å². The van der Waals surface area contributed by atoms with Gasteiger partial charge in [-0.05, 0) is 43.9 Å². The van der Waals surface area contributed by atoms with E-state index in [4.69, 9.17) is 16.3 Å². The number of halogens is 4. The molecule has 2 fully saturated rings. The number of aromatic nitrogens is 2. The number of benzene rings is 1. The normalized spacial score (nSPS) is 19.4. The van der Waals surface area contributed by atoms with Crippen molar-refractivity contribution in [3.05, 3.63) is 59.4 Å². The summed E-state index contributed by atoms with van der Waals surface area (Å²) < 4.78 is 72.6. The van der Waals surface area contributed by atoms with Crippen molar-refractivity contribution >= 4 is 32.5 Å². The summed E-state index contributed by atoms with van der Waals surface area (Å²) in [5.41, 5.74) is -0.429. The first kappa shape index (κ1) is 26.1. The maximum absolute atomic E-state index is 13.4. The third-order valence-electron chi connectivity index (χ3n) is 7.04. The molecule has 1 aromatic carbocycles. The molecular weight excluding hydrogens is 529 g/mol. The number of piperidine rings is 2. The summed E-state index contributed by atoms with van der Waals surface area (Å²) in [7, 11) is -3.66. The first-order valence-electron chi connectivity index (χ1n) is 12.1. The topological polar surface area (TPSA) is 75.6 Å². The number of ether oxygens (including phenoxy) is 1. The van der Waals surface area contributed by atoms with E-state index in [0.29, 0.717) is 31.4 Å². The van der Waals surface area contributed by atoms with Crippen LogP contribution in [0.3, 0.4) is 0 Å². The van der Waals surface area contributed by atoms with Gasteiger partial charge in [-0.3, -0.25) is 4.98 Å². The summed E-state index contributed by atoms with van der Waals surface area (Å²) in [5, 5.41) is 0.628. The molecule has 4 heterocycles. The second kappa shape index (κ2) is 10.4. The Morgan fingerprint density at radius 2 is 1.68 bits per heavy atom. The first-order chi connectivity index (χ1) is 17.6. The lowest BCUT2D eigenvalue weighted by Crippen LogP contribution is -2.50. The Balaban J connectivity index is 1.16. The quantitative estimate of drug-likeness (QED) is 0.442. The largest absolute Gasteiger partial charge is 0.473 e. The van der Waals surface area contributed by atoms with Crippen LogP contribution in [0.15, 0.2) is 53.7 Å². The van der Waals surface area contributed by atoms with Crippen LogP contribution in [0, 0.1) is 0 Å². The molecule has 0 amide bonds. The molecule has 7 nitrogen and oxygen atoms in total. The van der Waals surface area contributed by atoms with Crippen LogP contribution in [0.1, 0.15) is 31.2 Å². The number of hydrogen-bond donors (Lipinski definition) is 0. The molecule has 5 rings (SSSR count). The molecule has 3 aromatic rings. The van der Waals surface area contributed by atoms with E-state index in [2.05, 4.69) is 14.9 Å². The minimum absolute atomic E-state index is 0.00885. The van der Waals surface area contributed by atoms with Crippen molar-refractivity contribution in [3.63, 3.8) is 0 Å². The minimum atomic E-state index is -4.51. The minimum Gasteiger partial charge on any atom is -0.473 e. The molecule has 2 aliphatic rings. The van der Waals surface area contributed by atoms with Gasteiger partial charge in [0.25, 0.3) is 0 Å². The maximum atomic E-state index is 13.4. The van der Waals surface area contributed by atoms with Crippen molar-refractivity contribution in [1.29, 1.82) is 0 Å². The van der Waals surface area contributed by atoms with Crippen molar-refractivity contribution in [2.24, 2.45) is 0 Å². The van der Waals surface area contributed by atoms with Gasteiger partial charge in [-0.2, -0.15) is 17.5 Å². The second-order valence-electron chi connectivity index (χ2n) is 9.33. The summed E-state index contributed by atoms with van der Waals surface area (Å²) in [6.07, 6.45) is 0.413. The van der Waals surface area contributed by atoms with Crippen LogP contribution < -0.4 is 4.74 Å². The lowest BCUT2D eigenvalue weighted by Gasteiger charge is -2.41. The third kappa shape index (κ3) is 5.55. The van der Waals surface area contributed by atoms with Crippen LogP contribution in [0.5, 0.6) is 5.88 Å². The predicted molar refractivity (Wildman–Crippen MR) is 133 cm³/mol. The Bertz CT molecular complexity index is 1370. The molecule has 0 atom stereocenters. The van der Waals surface area contributed by atoms with Gasteiger partial charge in [0.2, 0.25) is 15.9 Å². The van der Waals surface area contributed by atoms with Gasteiger partial charge in [-0.25, -0.2) is 13.4 Å². The maximum Gasteiger partial charge on any atom is 0.417 e. The molecule has 12 heteroatoms. The molecule has 0 saturated carbocycles. The Morgan fingerprint density at radius 1 is 0.973 bits per heavy atom. The molecule has 2 aliphatic heterocycles. The van der Waals surface area contributed by atoms with Gasteiger partial charge in [0.05, 0.1) is 11.1 Å². The molecule has 0 unspecified atom stereocenters. The zero-order chi connectivity index (χ0) is 26.2. The molecule has 0 bridgehead atoms. The smallest absolute Gasteiger partial charge is 0.417 e. The van der Waals surface area contributed by atoms with E-state index >= 15 is 0 Å². The molecular formula is C25H26ClF3N4O3S. The lowest BCUT2D eigenvalue weighted by molar-refractivity contribution is -0.137. The summed E-state index contributed by atoms with van der Waals surface area (Å²) in [4.78, 5) is 10.6. The molecule has 37 heavy (non-hydrogen) atoms. The van der Waals surface area contributed by atoms with Crippen molar-refractivity contribution in [3.8, 4) is 5.88 Å². The number of hydrogen-bond acceptors (Lipinski definition) is 6. The first-order valence-corrected chi connectivity index (χ1v) is 13.9. The van der Waals surface area contributed by atoms with Gasteiger partial charge in [-0.15, -0.1) is 0 Å².